The predicted octanol–water partition coefficient (Wildman–Crippen LogP) is 3.02. The summed E-state index contributed by atoms with van der Waals surface area (Å²) in [5, 5.41) is 12.3. The quantitative estimate of drug-likeness (QED) is 0.597. The van der Waals surface area contributed by atoms with Crippen molar-refractivity contribution in [1.29, 1.82) is 0 Å². The number of rotatable bonds is 3. The van der Waals surface area contributed by atoms with E-state index in [4.69, 9.17) is 0 Å². The molecule has 0 aliphatic heterocycles. The van der Waals surface area contributed by atoms with Gasteiger partial charge in [0.1, 0.15) is 5.69 Å². The van der Waals surface area contributed by atoms with Gasteiger partial charge in [0.25, 0.3) is 5.91 Å². The predicted molar refractivity (Wildman–Crippen MR) is 85.9 cm³/mol. The molecule has 21 heavy (non-hydrogen) atoms. The molecule has 0 saturated heterocycles. The standard InChI is InChI=1S/C15H14N4OS/c1-19(2)9-16-15(20)10-3-4-13-12(7-10)14(18-17-13)11-5-6-21-8-11/h3-9H,1-2H3,(H,17,18)/b16-9+. The normalized spacial score (nSPS) is 11.3. The molecule has 0 atom stereocenters. The lowest BCUT2D eigenvalue weighted by atomic mass is 10.1. The van der Waals surface area contributed by atoms with Crippen LogP contribution < -0.4 is 0 Å². The number of thiophene rings is 1. The minimum atomic E-state index is -0.261. The van der Waals surface area contributed by atoms with E-state index >= 15 is 0 Å². The molecule has 0 radical (unpaired) electrons. The molecule has 3 rings (SSSR count). The number of fused-ring (bicyclic) bond motifs is 1. The Morgan fingerprint density at radius 2 is 2.24 bits per heavy atom. The van der Waals surface area contributed by atoms with Crippen molar-refractivity contribution >= 4 is 34.5 Å². The van der Waals surface area contributed by atoms with E-state index < -0.39 is 0 Å². The van der Waals surface area contributed by atoms with Gasteiger partial charge in [0.05, 0.1) is 11.9 Å². The Morgan fingerprint density at radius 3 is 2.95 bits per heavy atom. The second kappa shape index (κ2) is 5.49. The van der Waals surface area contributed by atoms with Crippen LogP contribution >= 0.6 is 11.3 Å². The number of nitrogens with one attached hydrogen (secondary N) is 1. The molecule has 1 aromatic carbocycles. The Balaban J connectivity index is 2.03. The number of hydrogen-bond acceptors (Lipinski definition) is 3. The van der Waals surface area contributed by atoms with Crippen molar-refractivity contribution in [1.82, 2.24) is 15.1 Å². The van der Waals surface area contributed by atoms with Gasteiger partial charge in [0.15, 0.2) is 0 Å². The Kier molecular flexibility index (Phi) is 3.53. The van der Waals surface area contributed by atoms with Gasteiger partial charge in [-0.15, -0.1) is 0 Å². The van der Waals surface area contributed by atoms with Crippen LogP contribution in [0.25, 0.3) is 22.2 Å². The minimum Gasteiger partial charge on any atom is -0.369 e. The Bertz CT molecular complexity index is 802. The largest absolute Gasteiger partial charge is 0.369 e. The van der Waals surface area contributed by atoms with Gasteiger partial charge in [0, 0.05) is 36.0 Å². The van der Waals surface area contributed by atoms with Crippen LogP contribution in [0.5, 0.6) is 0 Å². The number of carbonyl (C=O) groups excluding carboxylic acids is 1. The third-order valence-electron chi connectivity index (χ3n) is 3.01. The first-order valence-corrected chi connectivity index (χ1v) is 7.35. The summed E-state index contributed by atoms with van der Waals surface area (Å²) >= 11 is 1.62. The van der Waals surface area contributed by atoms with Crippen LogP contribution in [0.15, 0.2) is 40.0 Å². The zero-order valence-corrected chi connectivity index (χ0v) is 12.5. The molecule has 0 aliphatic carbocycles. The van der Waals surface area contributed by atoms with Crippen molar-refractivity contribution in [2.75, 3.05) is 14.1 Å². The summed E-state index contributed by atoms with van der Waals surface area (Å²) < 4.78 is 0. The molecule has 2 heterocycles. The fourth-order valence-electron chi connectivity index (χ4n) is 2.01. The van der Waals surface area contributed by atoms with Crippen molar-refractivity contribution in [2.24, 2.45) is 4.99 Å². The average Bonchev–Trinajstić information content (AvgIpc) is 3.12. The zero-order chi connectivity index (χ0) is 14.8. The summed E-state index contributed by atoms with van der Waals surface area (Å²) in [5.74, 6) is -0.261. The third kappa shape index (κ3) is 2.71. The number of carbonyl (C=O) groups is 1. The lowest BCUT2D eigenvalue weighted by Crippen LogP contribution is -2.09. The Labute approximate surface area is 125 Å². The molecule has 5 nitrogen and oxygen atoms in total. The van der Waals surface area contributed by atoms with E-state index in [-0.39, 0.29) is 5.91 Å². The highest BCUT2D eigenvalue weighted by molar-refractivity contribution is 7.08. The van der Waals surface area contributed by atoms with E-state index in [9.17, 15) is 4.79 Å². The van der Waals surface area contributed by atoms with E-state index in [1.807, 2.05) is 43.1 Å². The highest BCUT2D eigenvalue weighted by Crippen LogP contribution is 2.28. The Hall–Kier alpha value is -2.47. The SMILES string of the molecule is CN(C)/C=N/C(=O)c1ccc2[nH]nc(-c3ccsc3)c2c1. The maximum atomic E-state index is 12.1. The molecule has 0 unspecified atom stereocenters. The second-order valence-electron chi connectivity index (χ2n) is 4.86. The number of H-pyrrole nitrogens is 1. The van der Waals surface area contributed by atoms with Gasteiger partial charge in [0.2, 0.25) is 0 Å². The number of hydrogen-bond donors (Lipinski definition) is 1. The van der Waals surface area contributed by atoms with Crippen molar-refractivity contribution in [3.05, 3.63) is 40.6 Å². The molecule has 1 N–H and O–H groups in total. The summed E-state index contributed by atoms with van der Waals surface area (Å²) in [4.78, 5) is 17.7. The first-order chi connectivity index (χ1) is 10.1. The summed E-state index contributed by atoms with van der Waals surface area (Å²) in [5.41, 5.74) is 3.37. The number of aliphatic imine (C=N–C) groups is 1. The number of amides is 1. The fraction of sp³-hybridized carbons (Fsp3) is 0.133. The van der Waals surface area contributed by atoms with Crippen LogP contribution in [-0.2, 0) is 0 Å². The number of benzene rings is 1. The first kappa shape index (κ1) is 13.5. The molecule has 1 amide bonds. The van der Waals surface area contributed by atoms with E-state index in [0.717, 1.165) is 22.2 Å². The van der Waals surface area contributed by atoms with Crippen molar-refractivity contribution in [2.45, 2.75) is 0 Å². The molecule has 0 fully saturated rings. The van der Waals surface area contributed by atoms with Crippen LogP contribution in [0.3, 0.4) is 0 Å². The van der Waals surface area contributed by atoms with Crippen LogP contribution in [-0.4, -0.2) is 41.4 Å². The molecule has 6 heteroatoms. The summed E-state index contributed by atoms with van der Waals surface area (Å²) in [6.45, 7) is 0. The molecular weight excluding hydrogens is 284 g/mol. The van der Waals surface area contributed by atoms with Crippen molar-refractivity contribution in [3.8, 4) is 11.3 Å². The number of aromatic nitrogens is 2. The molecule has 0 spiro atoms. The summed E-state index contributed by atoms with van der Waals surface area (Å²) in [7, 11) is 3.65. The van der Waals surface area contributed by atoms with Gasteiger partial charge >= 0.3 is 0 Å². The lowest BCUT2D eigenvalue weighted by molar-refractivity contribution is 0.100. The second-order valence-corrected chi connectivity index (χ2v) is 5.64. The van der Waals surface area contributed by atoms with E-state index in [0.29, 0.717) is 5.56 Å². The molecule has 0 aliphatic rings. The van der Waals surface area contributed by atoms with E-state index in [1.54, 1.807) is 22.3 Å². The third-order valence-corrected chi connectivity index (χ3v) is 3.69. The monoisotopic (exact) mass is 298 g/mol. The van der Waals surface area contributed by atoms with Crippen molar-refractivity contribution in [3.63, 3.8) is 0 Å². The molecule has 3 aromatic rings. The van der Waals surface area contributed by atoms with Gasteiger partial charge in [-0.25, -0.2) is 0 Å². The Morgan fingerprint density at radius 1 is 1.38 bits per heavy atom. The van der Waals surface area contributed by atoms with Gasteiger partial charge in [-0.2, -0.15) is 21.4 Å². The van der Waals surface area contributed by atoms with Crippen molar-refractivity contribution < 1.29 is 4.79 Å². The number of aromatic amines is 1. The lowest BCUT2D eigenvalue weighted by Gasteiger charge is -2.02. The van der Waals surface area contributed by atoms with E-state index in [2.05, 4.69) is 15.2 Å². The minimum absolute atomic E-state index is 0.261. The highest BCUT2D eigenvalue weighted by Gasteiger charge is 2.11. The molecule has 106 valence electrons. The maximum Gasteiger partial charge on any atom is 0.278 e. The number of nitrogens with zero attached hydrogens (tertiary/aromatic N) is 3. The van der Waals surface area contributed by atoms with Crippen LogP contribution in [0.2, 0.25) is 0 Å². The molecular formula is C15H14N4OS. The van der Waals surface area contributed by atoms with Gasteiger partial charge < -0.3 is 4.90 Å². The van der Waals surface area contributed by atoms with Gasteiger partial charge in [-0.05, 0) is 29.6 Å². The molecule has 0 saturated carbocycles. The van der Waals surface area contributed by atoms with Gasteiger partial charge in [-0.3, -0.25) is 9.89 Å². The topological polar surface area (TPSA) is 61.4 Å². The average molecular weight is 298 g/mol. The molecule has 0 bridgehead atoms. The van der Waals surface area contributed by atoms with E-state index in [1.165, 1.54) is 6.34 Å². The highest BCUT2D eigenvalue weighted by atomic mass is 32.1. The summed E-state index contributed by atoms with van der Waals surface area (Å²) in [6, 6.07) is 7.46. The fourth-order valence-corrected chi connectivity index (χ4v) is 2.65. The van der Waals surface area contributed by atoms with Crippen LogP contribution in [0.1, 0.15) is 10.4 Å². The van der Waals surface area contributed by atoms with Crippen LogP contribution in [0.4, 0.5) is 0 Å². The van der Waals surface area contributed by atoms with Crippen LogP contribution in [0, 0.1) is 0 Å². The maximum absolute atomic E-state index is 12.1. The molecule has 2 aromatic heterocycles. The zero-order valence-electron chi connectivity index (χ0n) is 11.7. The smallest absolute Gasteiger partial charge is 0.278 e. The van der Waals surface area contributed by atoms with Gasteiger partial charge in [-0.1, -0.05) is 0 Å². The first-order valence-electron chi connectivity index (χ1n) is 6.41. The summed E-state index contributed by atoms with van der Waals surface area (Å²) in [6.07, 6.45) is 1.50.